The van der Waals surface area contributed by atoms with Gasteiger partial charge in [-0.05, 0) is 165 Å². The first-order valence-electron chi connectivity index (χ1n) is 38.9. The van der Waals surface area contributed by atoms with Crippen LogP contribution in [-0.4, -0.2) is 105 Å². The summed E-state index contributed by atoms with van der Waals surface area (Å²) < 4.78 is 13.8. The summed E-state index contributed by atoms with van der Waals surface area (Å²) in [7, 11) is 8.98. The number of para-hydroxylation sites is 3. The van der Waals surface area contributed by atoms with Gasteiger partial charge in [0.05, 0.1) is 19.6 Å². The number of aromatic nitrogens is 12. The Morgan fingerprint density at radius 1 is 0.387 bits per heavy atom. The van der Waals surface area contributed by atoms with Crippen LogP contribution in [0.1, 0.15) is 144 Å². The number of halogens is 1. The number of nitrogens with zero attached hydrogens (tertiary/aromatic N) is 14. The van der Waals surface area contributed by atoms with Crippen LogP contribution in [-0.2, 0) is 60.4 Å². The van der Waals surface area contributed by atoms with E-state index in [9.17, 15) is 28.8 Å². The Kier molecular flexibility index (Phi) is 26.3. The van der Waals surface area contributed by atoms with E-state index in [0.29, 0.717) is 108 Å². The molecule has 15 rings (SSSR count). The van der Waals surface area contributed by atoms with Crippen molar-refractivity contribution in [2.75, 3.05) is 54.6 Å². The average molecular weight is 1610 g/mol. The molecule has 9 heterocycles. The number of likely N-dealkylation sites (tertiary alicyclic amines) is 2. The second-order valence-electron chi connectivity index (χ2n) is 30.9. The third-order valence-corrected chi connectivity index (χ3v) is 21.1. The van der Waals surface area contributed by atoms with Gasteiger partial charge in [0.25, 0.3) is 16.7 Å². The number of anilines is 6. The van der Waals surface area contributed by atoms with E-state index in [2.05, 4.69) is 154 Å². The molecule has 0 radical (unpaired) electrons. The first-order chi connectivity index (χ1) is 53.6. The molecule has 6 aromatic heterocycles. The summed E-state index contributed by atoms with van der Waals surface area (Å²) in [4.78, 5) is 85.9. The minimum absolute atomic E-state index is 0.222. The maximum atomic E-state index is 13.4. The fourth-order valence-corrected chi connectivity index (χ4v) is 15.4. The number of benzene rings is 6. The molecule has 0 aliphatic carbocycles. The molecule has 0 amide bonds. The smallest absolute Gasteiger partial charge is 0.332 e. The van der Waals surface area contributed by atoms with Crippen molar-refractivity contribution < 1.29 is 0 Å². The molecule has 3 fully saturated rings. The highest BCUT2D eigenvalue weighted by Gasteiger charge is 2.29. The van der Waals surface area contributed by atoms with Gasteiger partial charge in [-0.15, -0.1) is 0 Å². The zero-order chi connectivity index (χ0) is 78.7. The molecule has 3 aliphatic heterocycles. The molecule has 6 aromatic carbocycles. The van der Waals surface area contributed by atoms with Gasteiger partial charge in [-0.3, -0.25) is 51.6 Å². The molecule has 12 aromatic rings. The second-order valence-corrected chi connectivity index (χ2v) is 30.9. The molecular formula is C86H107IN18O6. The topological polar surface area (TPSA) is 240 Å². The van der Waals surface area contributed by atoms with Gasteiger partial charge in [0.2, 0.25) is 0 Å². The van der Waals surface area contributed by atoms with Gasteiger partial charge in [-0.1, -0.05) is 204 Å². The number of hydrogen-bond acceptors (Lipinski definition) is 15. The first kappa shape index (κ1) is 80.3. The third-order valence-electron chi connectivity index (χ3n) is 21.1. The van der Waals surface area contributed by atoms with Crippen LogP contribution in [0.25, 0.3) is 33.1 Å². The lowest BCUT2D eigenvalue weighted by Crippen LogP contribution is -2.38. The molecular weight excluding hydrogens is 1500 g/mol. The number of hydrogen-bond donors (Lipinski definition) is 4. The molecule has 3 aliphatic rings. The predicted octanol–water partition coefficient (Wildman–Crippen LogP) is 13.8. The summed E-state index contributed by atoms with van der Waals surface area (Å²) in [5.74, 6) is 2.44. The molecule has 111 heavy (non-hydrogen) atoms. The van der Waals surface area contributed by atoms with Crippen LogP contribution < -0.4 is 55.0 Å². The largest absolute Gasteiger partial charge is 0.340 e. The van der Waals surface area contributed by atoms with E-state index in [4.69, 9.17) is 15.3 Å². The fourth-order valence-electron chi connectivity index (χ4n) is 15.4. The molecule has 3 atom stereocenters. The lowest BCUT2D eigenvalue weighted by atomic mass is 9.93. The first-order valence-corrected chi connectivity index (χ1v) is 41.1. The molecule has 4 N–H and O–H groups in total. The van der Waals surface area contributed by atoms with Gasteiger partial charge >= 0.3 is 17.1 Å². The number of piperidine rings is 2. The Labute approximate surface area is 661 Å². The minimum Gasteiger partial charge on any atom is -0.340 e. The van der Waals surface area contributed by atoms with Crippen LogP contribution in [0.4, 0.5) is 34.5 Å². The fraction of sp³-hybridized carbons (Fsp3) is 0.407. The van der Waals surface area contributed by atoms with Crippen molar-refractivity contribution in [1.29, 1.82) is 0 Å². The van der Waals surface area contributed by atoms with E-state index in [1.807, 2.05) is 138 Å². The van der Waals surface area contributed by atoms with E-state index in [1.165, 1.54) is 96.5 Å². The van der Waals surface area contributed by atoms with E-state index in [1.54, 1.807) is 13.7 Å². The quantitative estimate of drug-likeness (QED) is 0.0386. The Morgan fingerprint density at radius 3 is 0.991 bits per heavy atom. The van der Waals surface area contributed by atoms with Gasteiger partial charge in [0.15, 0.2) is 16.9 Å². The lowest BCUT2D eigenvalue weighted by Gasteiger charge is -2.32. The van der Waals surface area contributed by atoms with Gasteiger partial charge < -0.3 is 21.3 Å². The van der Waals surface area contributed by atoms with Crippen LogP contribution in [0.3, 0.4) is 0 Å². The minimum atomic E-state index is -0.349. The van der Waals surface area contributed by atoms with Crippen LogP contribution in [0.15, 0.2) is 193 Å². The summed E-state index contributed by atoms with van der Waals surface area (Å²) in [6.45, 7) is 18.5. The van der Waals surface area contributed by atoms with E-state index < -0.39 is 0 Å². The van der Waals surface area contributed by atoms with Gasteiger partial charge in [-0.2, -0.15) is 15.3 Å². The number of nitrogens with one attached hydrogen (secondary N) is 4. The lowest BCUT2D eigenvalue weighted by molar-refractivity contribution is 0.187. The number of rotatable bonds is 21. The molecule has 0 spiro atoms. The van der Waals surface area contributed by atoms with E-state index >= 15 is 0 Å². The maximum Gasteiger partial charge on any atom is 0.332 e. The Balaban J connectivity index is 0.000000153. The van der Waals surface area contributed by atoms with Crippen molar-refractivity contribution in [3.8, 4) is 0 Å². The molecule has 584 valence electrons. The normalized spacial score (nSPS) is 16.1. The molecule has 3 unspecified atom stereocenters. The van der Waals surface area contributed by atoms with Crippen molar-refractivity contribution in [3.63, 3.8) is 0 Å². The SMILES string of the molecule is CC(C)Cn1c(=O)n(C)c(=O)c2c(Nc3ccccc3)n(Cc3ccc(C4CCCCN4)cc3)nc21.CC(C)Cn1c(=O)n(C)c(=O)c2c(Nc3ccccc3)n(Cc3ccc(C4CCCCN4[11CH3])cc3)nc21.CC(C)Cn1c(=O)n(C)c(=O)c2c(Nc3ccccc3)n(Cc3ccc(C4CCCN4[11CH3])cc3)nc21.[11CH3]I. The Hall–Kier alpha value is -10.2. The predicted molar refractivity (Wildman–Crippen MR) is 456 cm³/mol. The van der Waals surface area contributed by atoms with Crippen LogP contribution >= 0.6 is 22.6 Å². The standard InChI is InChI=1S/C29H36N6O2.2C28H34N6O2.CH3I/c1-20(2)18-34-27-25(28(36)33(4)29(34)37)26(30-23-10-6-5-7-11-23)35(31-27)19-21-13-15-22(16-14-21)24-12-8-9-17-32(24)3;1-19(2)17-33-26-24(27(35)32(4)28(33)36)25(29-22-9-6-5-7-10-22)34(30-26)18-20-12-14-21(15-13-20)23-11-8-16-31(23)3;1-19(2)17-33-26-24(27(35)32(3)28(33)36)25(30-22-9-5-4-6-10-22)34(31-26)18-20-12-14-21(15-13-20)23-11-7-8-16-29-23;1-2/h5-7,10-11,13-16,20,24,30H,8-9,12,17-19H2,1-4H3;5-7,9-10,12-15,19,23,29H,8,11,16-18H2,1-4H3;4-6,9-10,12-15,19,23,29-30H,7-8,11,16-18H2,1-3H3;1H3/i2*3-1;;1-1. The van der Waals surface area contributed by atoms with Crippen molar-refractivity contribution in [1.82, 2.24) is 71.9 Å². The summed E-state index contributed by atoms with van der Waals surface area (Å²) >= 11 is 2.15. The highest BCUT2D eigenvalue weighted by Crippen LogP contribution is 2.34. The summed E-state index contributed by atoms with van der Waals surface area (Å²) in [5, 5.41) is 29.6. The van der Waals surface area contributed by atoms with Crippen molar-refractivity contribution in [2.24, 2.45) is 38.9 Å². The van der Waals surface area contributed by atoms with Crippen molar-refractivity contribution in [3.05, 3.63) is 260 Å². The number of alkyl halides is 1. The van der Waals surface area contributed by atoms with E-state index in [0.717, 1.165) is 59.8 Å². The third kappa shape index (κ3) is 18.2. The zero-order valence-electron chi connectivity index (χ0n) is 66.2. The molecule has 0 bridgehead atoms. The Bertz CT molecular complexity index is 5540. The second kappa shape index (κ2) is 36.3. The molecule has 3 saturated heterocycles. The van der Waals surface area contributed by atoms with Crippen molar-refractivity contribution >= 4 is 90.2 Å². The van der Waals surface area contributed by atoms with E-state index in [-0.39, 0.29) is 51.5 Å². The Morgan fingerprint density at radius 2 is 0.694 bits per heavy atom. The highest BCUT2D eigenvalue weighted by atomic mass is 127. The van der Waals surface area contributed by atoms with Gasteiger partial charge in [0, 0.05) is 76.0 Å². The zero-order valence-corrected chi connectivity index (χ0v) is 68.3. The monoisotopic (exact) mass is 1610 g/mol. The summed E-state index contributed by atoms with van der Waals surface area (Å²) in [6, 6.07) is 56.5. The van der Waals surface area contributed by atoms with Crippen LogP contribution in [0, 0.1) is 17.8 Å². The van der Waals surface area contributed by atoms with Crippen LogP contribution in [0.5, 0.6) is 0 Å². The average Bonchev–Trinajstić information content (AvgIpc) is 1.60. The van der Waals surface area contributed by atoms with Gasteiger partial charge in [0.1, 0.15) is 33.6 Å². The summed E-state index contributed by atoms with van der Waals surface area (Å²) in [6.07, 6.45) is 9.76. The van der Waals surface area contributed by atoms with Crippen LogP contribution in [0.2, 0.25) is 0 Å². The molecule has 25 heteroatoms. The number of fused-ring (bicyclic) bond motifs is 3. The maximum absolute atomic E-state index is 13.4. The highest BCUT2D eigenvalue weighted by molar-refractivity contribution is 14.1. The van der Waals surface area contributed by atoms with Gasteiger partial charge in [-0.25, -0.2) is 28.4 Å². The molecule has 24 nitrogen and oxygen atoms in total. The summed E-state index contributed by atoms with van der Waals surface area (Å²) in [5.41, 5.74) is 8.92. The molecule has 0 saturated carbocycles. The van der Waals surface area contributed by atoms with Crippen molar-refractivity contribution in [2.45, 2.75) is 150 Å².